The van der Waals surface area contributed by atoms with Crippen LogP contribution in [0.5, 0.6) is 0 Å². The van der Waals surface area contributed by atoms with Crippen LogP contribution >= 0.6 is 11.3 Å². The van der Waals surface area contributed by atoms with E-state index < -0.39 is 0 Å². The first-order chi connectivity index (χ1) is 15.5. The summed E-state index contributed by atoms with van der Waals surface area (Å²) in [4.78, 5) is 19.7. The number of likely N-dealkylation sites (tertiary alicyclic amines) is 1. The van der Waals surface area contributed by atoms with Crippen molar-refractivity contribution < 1.29 is 9.18 Å². The van der Waals surface area contributed by atoms with Crippen molar-refractivity contribution in [1.29, 1.82) is 0 Å². The van der Waals surface area contributed by atoms with Crippen molar-refractivity contribution in [2.45, 2.75) is 45.7 Å². The Balaban J connectivity index is 1.24. The molecule has 6 heteroatoms. The highest BCUT2D eigenvalue weighted by Crippen LogP contribution is 2.27. The van der Waals surface area contributed by atoms with Crippen molar-refractivity contribution in [3.05, 3.63) is 76.5 Å². The van der Waals surface area contributed by atoms with Crippen LogP contribution in [-0.4, -0.2) is 28.9 Å². The fraction of sp³-hybridized carbons (Fsp3) is 0.385. The van der Waals surface area contributed by atoms with Gasteiger partial charge in [0.25, 0.3) is 0 Å². The minimum atomic E-state index is -0.260. The molecule has 0 spiro atoms. The quantitative estimate of drug-likeness (QED) is 0.508. The van der Waals surface area contributed by atoms with Crippen molar-refractivity contribution in [3.8, 4) is 10.6 Å². The van der Waals surface area contributed by atoms with Gasteiger partial charge < -0.3 is 5.32 Å². The van der Waals surface area contributed by atoms with Gasteiger partial charge in [-0.3, -0.25) is 9.69 Å². The zero-order valence-electron chi connectivity index (χ0n) is 18.7. The van der Waals surface area contributed by atoms with Crippen LogP contribution in [0, 0.1) is 11.7 Å². The monoisotopic (exact) mass is 451 g/mol. The van der Waals surface area contributed by atoms with Crippen LogP contribution in [0.25, 0.3) is 10.6 Å². The molecular formula is C26H30FN3OS. The average molecular weight is 452 g/mol. The van der Waals surface area contributed by atoms with E-state index in [9.17, 15) is 9.18 Å². The van der Waals surface area contributed by atoms with E-state index in [2.05, 4.69) is 53.7 Å². The first kappa shape index (κ1) is 22.6. The van der Waals surface area contributed by atoms with E-state index in [1.165, 1.54) is 23.3 Å². The summed E-state index contributed by atoms with van der Waals surface area (Å²) in [7, 11) is 0. The molecule has 2 heterocycles. The maximum absolute atomic E-state index is 13.0. The number of benzene rings is 2. The summed E-state index contributed by atoms with van der Waals surface area (Å²) in [5.74, 6) is 0.402. The Hall–Kier alpha value is -2.57. The molecule has 0 radical (unpaired) electrons. The molecule has 168 valence electrons. The van der Waals surface area contributed by atoms with E-state index in [-0.39, 0.29) is 17.6 Å². The smallest absolute Gasteiger partial charge is 0.223 e. The number of aromatic nitrogens is 1. The third-order valence-electron chi connectivity index (χ3n) is 6.10. The molecule has 1 saturated heterocycles. The van der Waals surface area contributed by atoms with Crippen molar-refractivity contribution in [1.82, 2.24) is 15.2 Å². The zero-order valence-corrected chi connectivity index (χ0v) is 19.5. The Labute approximate surface area is 193 Å². The van der Waals surface area contributed by atoms with Gasteiger partial charge in [0.05, 0.1) is 5.69 Å². The van der Waals surface area contributed by atoms with Crippen LogP contribution in [0.15, 0.2) is 53.9 Å². The Bertz CT molecular complexity index is 1020. The van der Waals surface area contributed by atoms with E-state index in [1.54, 1.807) is 23.5 Å². The topological polar surface area (TPSA) is 45.2 Å². The Kier molecular flexibility index (Phi) is 7.33. The largest absolute Gasteiger partial charge is 0.352 e. The molecule has 1 fully saturated rings. The summed E-state index contributed by atoms with van der Waals surface area (Å²) in [6, 6.07) is 15.0. The minimum Gasteiger partial charge on any atom is -0.352 e. The highest BCUT2D eigenvalue weighted by atomic mass is 32.1. The van der Waals surface area contributed by atoms with E-state index in [4.69, 9.17) is 4.98 Å². The molecule has 4 rings (SSSR count). The maximum atomic E-state index is 13.0. The van der Waals surface area contributed by atoms with E-state index in [0.29, 0.717) is 12.5 Å². The van der Waals surface area contributed by atoms with Gasteiger partial charge in [0, 0.05) is 30.0 Å². The van der Waals surface area contributed by atoms with Crippen molar-refractivity contribution in [2.24, 2.45) is 5.92 Å². The standard InChI is InChI=1S/C26H30FN3OS/c1-18(2)20-5-7-22(8-6-20)26-29-24(17-32-26)16-30-13-11-21(12-14-30)25(31)28-15-19-3-9-23(27)10-4-19/h3-10,17-18,21H,11-16H2,1-2H3,(H,28,31). The first-order valence-electron chi connectivity index (χ1n) is 11.3. The highest BCUT2D eigenvalue weighted by molar-refractivity contribution is 7.13. The second kappa shape index (κ2) is 10.4. The molecule has 1 aliphatic heterocycles. The molecule has 1 N–H and O–H groups in total. The van der Waals surface area contributed by atoms with Crippen LogP contribution < -0.4 is 5.32 Å². The molecular weight excluding hydrogens is 421 g/mol. The summed E-state index contributed by atoms with van der Waals surface area (Å²) in [5.41, 5.74) is 4.52. The molecule has 0 atom stereocenters. The fourth-order valence-corrected chi connectivity index (χ4v) is 4.86. The number of piperidine rings is 1. The number of nitrogens with one attached hydrogen (secondary N) is 1. The van der Waals surface area contributed by atoms with Crippen molar-refractivity contribution in [2.75, 3.05) is 13.1 Å². The molecule has 4 nitrogen and oxygen atoms in total. The Morgan fingerprint density at radius 1 is 1.12 bits per heavy atom. The van der Waals surface area contributed by atoms with Gasteiger partial charge in [-0.25, -0.2) is 9.37 Å². The summed E-state index contributed by atoms with van der Waals surface area (Å²) in [5, 5.41) is 6.20. The van der Waals surface area contributed by atoms with Gasteiger partial charge in [0.2, 0.25) is 5.91 Å². The van der Waals surface area contributed by atoms with E-state index >= 15 is 0 Å². The van der Waals surface area contributed by atoms with E-state index in [1.807, 2.05) is 0 Å². The second-order valence-corrected chi connectivity index (χ2v) is 9.67. The predicted octanol–water partition coefficient (Wildman–Crippen LogP) is 5.60. The molecule has 1 amide bonds. The van der Waals surface area contributed by atoms with Gasteiger partial charge in [0.1, 0.15) is 10.8 Å². The van der Waals surface area contributed by atoms with Gasteiger partial charge >= 0.3 is 0 Å². The van der Waals surface area contributed by atoms with E-state index in [0.717, 1.165) is 48.7 Å². The molecule has 1 aromatic heterocycles. The minimum absolute atomic E-state index is 0.0390. The number of nitrogens with zero attached hydrogens (tertiary/aromatic N) is 2. The molecule has 3 aromatic rings. The molecule has 0 bridgehead atoms. The lowest BCUT2D eigenvalue weighted by Gasteiger charge is -2.30. The van der Waals surface area contributed by atoms with Crippen LogP contribution in [0.1, 0.15) is 49.4 Å². The molecule has 1 aliphatic rings. The van der Waals surface area contributed by atoms with Crippen LogP contribution in [0.2, 0.25) is 0 Å². The zero-order chi connectivity index (χ0) is 22.5. The third kappa shape index (κ3) is 5.81. The first-order valence-corrected chi connectivity index (χ1v) is 12.1. The van der Waals surface area contributed by atoms with Crippen molar-refractivity contribution >= 4 is 17.2 Å². The Morgan fingerprint density at radius 3 is 2.47 bits per heavy atom. The number of halogens is 1. The number of hydrogen-bond acceptors (Lipinski definition) is 4. The van der Waals surface area contributed by atoms with Crippen LogP contribution in [0.3, 0.4) is 0 Å². The van der Waals surface area contributed by atoms with Crippen LogP contribution in [-0.2, 0) is 17.9 Å². The van der Waals surface area contributed by atoms with Gasteiger partial charge in [0.15, 0.2) is 0 Å². The molecule has 0 aliphatic carbocycles. The SMILES string of the molecule is CC(C)c1ccc(-c2nc(CN3CCC(C(=O)NCc4ccc(F)cc4)CC3)cs2)cc1. The number of thiazole rings is 1. The summed E-state index contributed by atoms with van der Waals surface area (Å²) < 4.78 is 13.0. The summed E-state index contributed by atoms with van der Waals surface area (Å²) in [6.07, 6.45) is 1.70. The lowest BCUT2D eigenvalue weighted by molar-refractivity contribution is -0.126. The number of rotatable bonds is 7. The third-order valence-corrected chi connectivity index (χ3v) is 7.04. The predicted molar refractivity (Wildman–Crippen MR) is 128 cm³/mol. The Morgan fingerprint density at radius 2 is 1.81 bits per heavy atom. The highest BCUT2D eigenvalue weighted by Gasteiger charge is 2.25. The molecule has 0 saturated carbocycles. The molecule has 2 aromatic carbocycles. The average Bonchev–Trinajstić information content (AvgIpc) is 3.27. The number of carbonyl (C=O) groups excluding carboxylic acids is 1. The molecule has 32 heavy (non-hydrogen) atoms. The molecule has 0 unspecified atom stereocenters. The van der Waals surface area contributed by atoms with Gasteiger partial charge in [-0.15, -0.1) is 11.3 Å². The number of amides is 1. The summed E-state index contributed by atoms with van der Waals surface area (Å²) in [6.45, 7) is 7.46. The van der Waals surface area contributed by atoms with Gasteiger partial charge in [-0.2, -0.15) is 0 Å². The van der Waals surface area contributed by atoms with Gasteiger partial charge in [-0.05, 0) is 55.1 Å². The fourth-order valence-electron chi connectivity index (χ4n) is 4.04. The summed E-state index contributed by atoms with van der Waals surface area (Å²) >= 11 is 1.69. The maximum Gasteiger partial charge on any atom is 0.223 e. The van der Waals surface area contributed by atoms with Crippen molar-refractivity contribution in [3.63, 3.8) is 0 Å². The second-order valence-electron chi connectivity index (χ2n) is 8.82. The number of hydrogen-bond donors (Lipinski definition) is 1. The number of carbonyl (C=O) groups is 1. The van der Waals surface area contributed by atoms with Gasteiger partial charge in [-0.1, -0.05) is 50.2 Å². The van der Waals surface area contributed by atoms with Crippen LogP contribution in [0.4, 0.5) is 4.39 Å². The lowest BCUT2D eigenvalue weighted by atomic mass is 9.95. The normalized spacial score (nSPS) is 15.2. The lowest BCUT2D eigenvalue weighted by Crippen LogP contribution is -2.40.